The second-order valence-corrected chi connectivity index (χ2v) is 6.88. The van der Waals surface area contributed by atoms with Crippen molar-refractivity contribution >= 4 is 5.97 Å². The van der Waals surface area contributed by atoms with Crippen molar-refractivity contribution < 1.29 is 9.90 Å². The molecule has 4 nitrogen and oxygen atoms in total. The number of carboxylic acid groups (broad SMARTS) is 1. The largest absolute Gasteiger partial charge is 0.478 e. The molecule has 0 aliphatic carbocycles. The maximum atomic E-state index is 11.0. The Morgan fingerprint density at radius 2 is 1.81 bits per heavy atom. The predicted octanol–water partition coefficient (Wildman–Crippen LogP) is 2.61. The Morgan fingerprint density at radius 1 is 1.19 bits per heavy atom. The van der Waals surface area contributed by atoms with E-state index in [1.54, 1.807) is 12.1 Å². The fraction of sp³-hybridized carbons (Fsp3) is 0.588. The first-order chi connectivity index (χ1) is 9.77. The summed E-state index contributed by atoms with van der Waals surface area (Å²) in [6.07, 6.45) is 0. The van der Waals surface area contributed by atoms with E-state index in [1.807, 2.05) is 13.0 Å². The summed E-state index contributed by atoms with van der Waals surface area (Å²) in [5.41, 5.74) is 2.90. The van der Waals surface area contributed by atoms with E-state index in [1.165, 1.54) is 5.56 Å². The summed E-state index contributed by atoms with van der Waals surface area (Å²) in [6, 6.07) is 5.42. The summed E-state index contributed by atoms with van der Waals surface area (Å²) in [5, 5.41) is 9.01. The molecule has 0 unspecified atom stereocenters. The highest BCUT2D eigenvalue weighted by Crippen LogP contribution is 2.18. The number of nitrogens with zero attached hydrogens (tertiary/aromatic N) is 2. The lowest BCUT2D eigenvalue weighted by atomic mass is 10.0. The number of piperazine rings is 1. The molecule has 0 aromatic heterocycles. The lowest BCUT2D eigenvalue weighted by Gasteiger charge is -2.42. The van der Waals surface area contributed by atoms with Gasteiger partial charge in [0, 0.05) is 38.3 Å². The van der Waals surface area contributed by atoms with Gasteiger partial charge in [-0.2, -0.15) is 0 Å². The van der Waals surface area contributed by atoms with E-state index in [0.717, 1.165) is 38.3 Å². The third-order valence-corrected chi connectivity index (χ3v) is 4.30. The normalized spacial score (nSPS) is 17.9. The van der Waals surface area contributed by atoms with E-state index in [4.69, 9.17) is 5.11 Å². The number of aromatic carboxylic acids is 1. The molecule has 0 radical (unpaired) electrons. The molecule has 0 amide bonds. The van der Waals surface area contributed by atoms with Crippen LogP contribution in [0, 0.1) is 6.92 Å². The second-order valence-electron chi connectivity index (χ2n) is 6.88. The fourth-order valence-corrected chi connectivity index (χ4v) is 2.82. The van der Waals surface area contributed by atoms with Crippen molar-refractivity contribution in [1.29, 1.82) is 0 Å². The quantitative estimate of drug-likeness (QED) is 0.929. The average Bonchev–Trinajstić information content (AvgIpc) is 2.40. The van der Waals surface area contributed by atoms with E-state index in [-0.39, 0.29) is 5.54 Å². The van der Waals surface area contributed by atoms with Gasteiger partial charge in [-0.1, -0.05) is 6.07 Å². The van der Waals surface area contributed by atoms with Crippen LogP contribution < -0.4 is 0 Å². The lowest BCUT2D eigenvalue weighted by molar-refractivity contribution is 0.0590. The Balaban J connectivity index is 1.96. The Hall–Kier alpha value is -1.39. The molecule has 0 spiro atoms. The summed E-state index contributed by atoms with van der Waals surface area (Å²) in [4.78, 5) is 15.9. The Labute approximate surface area is 127 Å². The Bertz CT molecular complexity index is 512. The zero-order valence-electron chi connectivity index (χ0n) is 13.5. The van der Waals surface area contributed by atoms with Crippen LogP contribution in [0.1, 0.15) is 42.3 Å². The van der Waals surface area contributed by atoms with Crippen LogP contribution in [0.25, 0.3) is 0 Å². The maximum absolute atomic E-state index is 11.0. The van der Waals surface area contributed by atoms with Crippen LogP contribution in [0.4, 0.5) is 0 Å². The zero-order valence-corrected chi connectivity index (χ0v) is 13.5. The van der Waals surface area contributed by atoms with E-state index in [9.17, 15) is 4.79 Å². The molecule has 1 heterocycles. The minimum absolute atomic E-state index is 0.241. The molecule has 1 saturated heterocycles. The van der Waals surface area contributed by atoms with Crippen molar-refractivity contribution in [2.24, 2.45) is 0 Å². The molecule has 116 valence electrons. The number of benzene rings is 1. The van der Waals surface area contributed by atoms with Gasteiger partial charge in [-0.3, -0.25) is 9.80 Å². The van der Waals surface area contributed by atoms with Crippen molar-refractivity contribution in [3.8, 4) is 0 Å². The summed E-state index contributed by atoms with van der Waals surface area (Å²) < 4.78 is 0. The van der Waals surface area contributed by atoms with Crippen molar-refractivity contribution in [2.75, 3.05) is 26.2 Å². The third kappa shape index (κ3) is 4.05. The molecule has 1 N–H and O–H groups in total. The number of aryl methyl sites for hydroxylation is 1. The maximum Gasteiger partial charge on any atom is 0.335 e. The summed E-state index contributed by atoms with van der Waals surface area (Å²) in [6.45, 7) is 14.0. The van der Waals surface area contributed by atoms with Crippen LogP contribution >= 0.6 is 0 Å². The highest BCUT2D eigenvalue weighted by atomic mass is 16.4. The molecule has 0 bridgehead atoms. The van der Waals surface area contributed by atoms with Gasteiger partial charge < -0.3 is 5.11 Å². The van der Waals surface area contributed by atoms with Crippen molar-refractivity contribution in [3.05, 3.63) is 34.9 Å². The van der Waals surface area contributed by atoms with Crippen LogP contribution in [-0.2, 0) is 6.54 Å². The summed E-state index contributed by atoms with van der Waals surface area (Å²) in [5.74, 6) is -0.858. The molecule has 2 rings (SSSR count). The molecule has 1 aliphatic rings. The Kier molecular flexibility index (Phi) is 4.69. The van der Waals surface area contributed by atoms with E-state index in [0.29, 0.717) is 5.56 Å². The molecule has 0 saturated carbocycles. The first-order valence-electron chi connectivity index (χ1n) is 7.57. The van der Waals surface area contributed by atoms with Gasteiger partial charge in [-0.05, 0) is 51.0 Å². The third-order valence-electron chi connectivity index (χ3n) is 4.30. The predicted molar refractivity (Wildman–Crippen MR) is 84.7 cm³/mol. The van der Waals surface area contributed by atoms with Crippen molar-refractivity contribution in [2.45, 2.75) is 39.8 Å². The van der Waals surface area contributed by atoms with Gasteiger partial charge in [0.05, 0.1) is 5.56 Å². The molecular weight excluding hydrogens is 264 g/mol. The standard InChI is InChI=1S/C17H26N2O2/c1-13-11-14(16(20)21)5-6-15(13)12-18-7-9-19(10-8-18)17(2,3)4/h5-6,11H,7-10,12H2,1-4H3,(H,20,21). The van der Waals surface area contributed by atoms with Crippen LogP contribution in [0.3, 0.4) is 0 Å². The molecule has 21 heavy (non-hydrogen) atoms. The first-order valence-corrected chi connectivity index (χ1v) is 7.57. The summed E-state index contributed by atoms with van der Waals surface area (Å²) in [7, 11) is 0. The monoisotopic (exact) mass is 290 g/mol. The van der Waals surface area contributed by atoms with Gasteiger partial charge in [0.15, 0.2) is 0 Å². The Morgan fingerprint density at radius 3 is 2.29 bits per heavy atom. The molecular formula is C17H26N2O2. The van der Waals surface area contributed by atoms with Gasteiger partial charge >= 0.3 is 5.97 Å². The fourth-order valence-electron chi connectivity index (χ4n) is 2.82. The van der Waals surface area contributed by atoms with Crippen LogP contribution in [0.2, 0.25) is 0 Å². The molecule has 1 aliphatic heterocycles. The lowest BCUT2D eigenvalue weighted by Crippen LogP contribution is -2.53. The smallest absolute Gasteiger partial charge is 0.335 e. The SMILES string of the molecule is Cc1cc(C(=O)O)ccc1CN1CCN(C(C)(C)C)CC1. The molecule has 1 fully saturated rings. The van der Waals surface area contributed by atoms with E-state index >= 15 is 0 Å². The van der Waals surface area contributed by atoms with Gasteiger partial charge in [0.25, 0.3) is 0 Å². The number of carbonyl (C=O) groups is 1. The molecule has 1 aromatic carbocycles. The molecule has 1 aromatic rings. The van der Waals surface area contributed by atoms with Crippen molar-refractivity contribution in [3.63, 3.8) is 0 Å². The van der Waals surface area contributed by atoms with E-state index in [2.05, 4.69) is 30.6 Å². The highest BCUT2D eigenvalue weighted by Gasteiger charge is 2.25. The van der Waals surface area contributed by atoms with Crippen LogP contribution in [0.5, 0.6) is 0 Å². The van der Waals surface area contributed by atoms with Gasteiger partial charge in [0.1, 0.15) is 0 Å². The minimum Gasteiger partial charge on any atom is -0.478 e. The number of rotatable bonds is 3. The van der Waals surface area contributed by atoms with Crippen LogP contribution in [-0.4, -0.2) is 52.6 Å². The first kappa shape index (κ1) is 16.0. The van der Waals surface area contributed by atoms with Gasteiger partial charge in [-0.25, -0.2) is 4.79 Å². The minimum atomic E-state index is -0.858. The van der Waals surface area contributed by atoms with E-state index < -0.39 is 5.97 Å². The second kappa shape index (κ2) is 6.16. The van der Waals surface area contributed by atoms with Gasteiger partial charge in [-0.15, -0.1) is 0 Å². The topological polar surface area (TPSA) is 43.8 Å². The van der Waals surface area contributed by atoms with Crippen LogP contribution in [0.15, 0.2) is 18.2 Å². The number of carboxylic acids is 1. The van der Waals surface area contributed by atoms with Crippen molar-refractivity contribution in [1.82, 2.24) is 9.80 Å². The zero-order chi connectivity index (χ0) is 15.6. The molecule has 4 heteroatoms. The molecule has 0 atom stereocenters. The number of hydrogen-bond donors (Lipinski definition) is 1. The average molecular weight is 290 g/mol. The highest BCUT2D eigenvalue weighted by molar-refractivity contribution is 5.87. The number of hydrogen-bond acceptors (Lipinski definition) is 3. The summed E-state index contributed by atoms with van der Waals surface area (Å²) >= 11 is 0. The van der Waals surface area contributed by atoms with Gasteiger partial charge in [0.2, 0.25) is 0 Å².